The third kappa shape index (κ3) is 4.87. The molecule has 1 fully saturated rings. The summed E-state index contributed by atoms with van der Waals surface area (Å²) in [5.74, 6) is 0.738. The maximum atomic E-state index is 13.0. The first-order valence-corrected chi connectivity index (χ1v) is 14.9. The van der Waals surface area contributed by atoms with Crippen LogP contribution in [-0.4, -0.2) is 53.0 Å². The summed E-state index contributed by atoms with van der Waals surface area (Å²) >= 11 is 6.31. The van der Waals surface area contributed by atoms with Crippen molar-refractivity contribution in [1.82, 2.24) is 4.72 Å². The molecule has 0 aromatic heterocycles. The van der Waals surface area contributed by atoms with Crippen LogP contribution in [0.2, 0.25) is 5.02 Å². The summed E-state index contributed by atoms with van der Waals surface area (Å²) in [7, 11) is -3.82. The third-order valence-corrected chi connectivity index (χ3v) is 9.78. The van der Waals surface area contributed by atoms with Gasteiger partial charge in [0.05, 0.1) is 31.3 Å². The van der Waals surface area contributed by atoms with Crippen LogP contribution < -0.4 is 14.4 Å². The van der Waals surface area contributed by atoms with E-state index in [1.54, 1.807) is 18.2 Å². The number of hydrogen-bond donors (Lipinski definition) is 1. The van der Waals surface area contributed by atoms with Gasteiger partial charge in [0.1, 0.15) is 5.75 Å². The van der Waals surface area contributed by atoms with Gasteiger partial charge in [0.25, 0.3) is 5.91 Å². The summed E-state index contributed by atoms with van der Waals surface area (Å²) < 4.78 is 39.0. The number of ether oxygens (including phenoxy) is 2. The number of nitrogens with zero attached hydrogens (tertiary/aromatic N) is 1. The van der Waals surface area contributed by atoms with Crippen molar-refractivity contribution in [2.45, 2.75) is 31.1 Å². The van der Waals surface area contributed by atoms with E-state index in [0.717, 1.165) is 55.2 Å². The molecular weight excluding hydrogens is 512 g/mol. The van der Waals surface area contributed by atoms with Gasteiger partial charge < -0.3 is 14.4 Å². The lowest BCUT2D eigenvalue weighted by atomic mass is 9.72. The predicted molar refractivity (Wildman–Crippen MR) is 143 cm³/mol. The molecule has 0 saturated heterocycles. The molecule has 2 aliphatic carbocycles. The Morgan fingerprint density at radius 2 is 2.03 bits per heavy atom. The molecule has 1 N–H and O–H groups in total. The summed E-state index contributed by atoms with van der Waals surface area (Å²) in [5, 5.41) is 0.748. The van der Waals surface area contributed by atoms with Crippen LogP contribution in [0.4, 0.5) is 5.69 Å². The second-order valence-corrected chi connectivity index (χ2v) is 13.0. The molecule has 6 rings (SSSR count). The molecule has 3 atom stereocenters. The summed E-state index contributed by atoms with van der Waals surface area (Å²) in [6.07, 6.45) is 8.38. The Morgan fingerprint density at radius 1 is 1.14 bits per heavy atom. The Kier molecular flexibility index (Phi) is 6.45. The first-order valence-electron chi connectivity index (χ1n) is 12.9. The van der Waals surface area contributed by atoms with Crippen LogP contribution in [0.15, 0.2) is 48.6 Å². The first kappa shape index (κ1) is 24.8. The number of halogens is 1. The fraction of sp³-hybridized carbons (Fsp3) is 0.464. The number of amides is 1. The number of allylic oxidation sites excluding steroid dienone is 1. The number of aryl methyl sites for hydroxylation is 1. The Morgan fingerprint density at radius 3 is 2.86 bits per heavy atom. The molecule has 0 unspecified atom stereocenters. The maximum Gasteiger partial charge on any atom is 0.264 e. The summed E-state index contributed by atoms with van der Waals surface area (Å²) in [5.41, 5.74) is 3.50. The van der Waals surface area contributed by atoms with Crippen LogP contribution in [0.5, 0.6) is 5.75 Å². The van der Waals surface area contributed by atoms with E-state index in [9.17, 15) is 13.2 Å². The number of hydrogen-bond acceptors (Lipinski definition) is 6. The number of carbonyl (C=O) groups is 1. The molecule has 2 aromatic rings. The molecule has 1 amide bonds. The van der Waals surface area contributed by atoms with Gasteiger partial charge in [-0.25, -0.2) is 13.1 Å². The molecule has 1 saturated carbocycles. The smallest absolute Gasteiger partial charge is 0.264 e. The van der Waals surface area contributed by atoms with E-state index < -0.39 is 15.9 Å². The minimum Gasteiger partial charge on any atom is -0.490 e. The van der Waals surface area contributed by atoms with Crippen LogP contribution in [0.1, 0.15) is 40.7 Å². The van der Waals surface area contributed by atoms with Gasteiger partial charge in [-0.2, -0.15) is 0 Å². The first-order chi connectivity index (χ1) is 17.8. The normalized spacial score (nSPS) is 29.8. The van der Waals surface area contributed by atoms with Crippen molar-refractivity contribution < 1.29 is 22.7 Å². The zero-order valence-corrected chi connectivity index (χ0v) is 22.2. The zero-order valence-electron chi connectivity index (χ0n) is 20.6. The quantitative estimate of drug-likeness (QED) is 0.505. The summed E-state index contributed by atoms with van der Waals surface area (Å²) in [4.78, 5) is 15.3. The van der Waals surface area contributed by atoms with Crippen molar-refractivity contribution in [3.8, 4) is 5.75 Å². The lowest BCUT2D eigenvalue weighted by molar-refractivity contribution is 0.0981. The maximum absolute atomic E-state index is 13.0. The molecular formula is C28H31ClN2O5S. The van der Waals surface area contributed by atoms with Gasteiger partial charge in [0.2, 0.25) is 10.0 Å². The Balaban J connectivity index is 1.40. The predicted octanol–water partition coefficient (Wildman–Crippen LogP) is 4.10. The van der Waals surface area contributed by atoms with Crippen molar-refractivity contribution in [2.24, 2.45) is 11.8 Å². The zero-order chi connectivity index (χ0) is 25.6. The Hall–Kier alpha value is -2.55. The average Bonchev–Trinajstić information content (AvgIpc) is 3.11. The minimum atomic E-state index is -3.82. The highest BCUT2D eigenvalue weighted by Gasteiger charge is 2.44. The van der Waals surface area contributed by atoms with Crippen LogP contribution in [0.25, 0.3) is 0 Å². The molecule has 2 bridgehead atoms. The van der Waals surface area contributed by atoms with E-state index in [1.807, 2.05) is 12.1 Å². The number of benzene rings is 2. The minimum absolute atomic E-state index is 0.0294. The van der Waals surface area contributed by atoms with E-state index in [1.165, 1.54) is 11.1 Å². The Labute approximate surface area is 222 Å². The third-order valence-electron chi connectivity index (χ3n) is 8.34. The van der Waals surface area contributed by atoms with E-state index in [4.69, 9.17) is 21.1 Å². The Bertz CT molecular complexity index is 1360. The van der Waals surface area contributed by atoms with E-state index in [2.05, 4.69) is 27.8 Å². The van der Waals surface area contributed by atoms with Gasteiger partial charge in [-0.3, -0.25) is 4.79 Å². The van der Waals surface area contributed by atoms with Gasteiger partial charge in [0.15, 0.2) is 0 Å². The molecule has 0 radical (unpaired) electrons. The number of carbonyl (C=O) groups excluding carboxylic acids is 1. The van der Waals surface area contributed by atoms with Crippen LogP contribution >= 0.6 is 11.6 Å². The van der Waals surface area contributed by atoms with Crippen LogP contribution in [0.3, 0.4) is 0 Å². The molecule has 2 heterocycles. The second kappa shape index (κ2) is 9.64. The highest BCUT2D eigenvalue weighted by molar-refractivity contribution is 7.90. The summed E-state index contributed by atoms with van der Waals surface area (Å²) in [6.45, 7) is 2.52. The second-order valence-electron chi connectivity index (χ2n) is 10.7. The van der Waals surface area contributed by atoms with E-state index >= 15 is 0 Å². The molecule has 37 heavy (non-hydrogen) atoms. The monoisotopic (exact) mass is 542 g/mol. The number of sulfonamides is 1. The molecule has 9 heteroatoms. The van der Waals surface area contributed by atoms with Gasteiger partial charge in [0, 0.05) is 29.1 Å². The number of rotatable bonds is 0. The van der Waals surface area contributed by atoms with Gasteiger partial charge in [-0.15, -0.1) is 0 Å². The van der Waals surface area contributed by atoms with Crippen molar-refractivity contribution in [3.63, 3.8) is 0 Å². The number of anilines is 1. The topological polar surface area (TPSA) is 84.9 Å². The molecule has 7 nitrogen and oxygen atoms in total. The molecule has 4 aliphatic rings. The SMILES string of the molecule is O=C1NS(=O)(=O)CCOC/C=C\[C@@H]2CC[C@H]2CN2C[C@@]3(CCc4cc(Cl)ccc43)COc3ccc1cc32. The van der Waals surface area contributed by atoms with E-state index in [-0.39, 0.29) is 17.8 Å². The van der Waals surface area contributed by atoms with Gasteiger partial charge in [-0.1, -0.05) is 29.8 Å². The largest absolute Gasteiger partial charge is 0.490 e. The fourth-order valence-electron chi connectivity index (χ4n) is 6.17. The molecule has 1 spiro atoms. The standard InChI is InChI=1S/C28H31ClN2O5S/c29-23-6-7-24-20(14-23)9-10-28(24)17-31-16-22-4-3-19(22)2-1-11-35-12-13-37(33,34)30-27(32)21-5-8-26(36-18-28)25(31)15-21/h1-2,5-8,14-15,19,22H,3-4,9-13,16-18H2,(H,30,32)/b2-1-/t19-,22+,28+/m1/s1. The average molecular weight is 543 g/mol. The van der Waals surface area contributed by atoms with Crippen molar-refractivity contribution >= 4 is 33.2 Å². The molecule has 2 aromatic carbocycles. The lowest BCUT2D eigenvalue weighted by Crippen LogP contribution is -2.45. The van der Waals surface area contributed by atoms with Crippen molar-refractivity contribution in [3.05, 3.63) is 70.3 Å². The highest BCUT2D eigenvalue weighted by Crippen LogP contribution is 2.47. The summed E-state index contributed by atoms with van der Waals surface area (Å²) in [6, 6.07) is 11.4. The van der Waals surface area contributed by atoms with Crippen LogP contribution in [-0.2, 0) is 26.6 Å². The lowest BCUT2D eigenvalue weighted by Gasteiger charge is -2.41. The van der Waals surface area contributed by atoms with Crippen molar-refractivity contribution in [1.29, 1.82) is 0 Å². The van der Waals surface area contributed by atoms with Crippen LogP contribution in [0, 0.1) is 11.8 Å². The van der Waals surface area contributed by atoms with E-state index in [0.29, 0.717) is 30.6 Å². The van der Waals surface area contributed by atoms with Gasteiger partial charge in [-0.05, 0) is 79.0 Å². The highest BCUT2D eigenvalue weighted by atomic mass is 35.5. The van der Waals surface area contributed by atoms with Crippen molar-refractivity contribution in [2.75, 3.05) is 43.6 Å². The van der Waals surface area contributed by atoms with Gasteiger partial charge >= 0.3 is 0 Å². The number of nitrogens with one attached hydrogen (secondary N) is 1. The number of fused-ring (bicyclic) bond motifs is 4. The fourth-order valence-corrected chi connectivity index (χ4v) is 7.21. The molecule has 2 aliphatic heterocycles. The molecule has 196 valence electrons.